The highest BCUT2D eigenvalue weighted by atomic mass is 32.2. The molecule has 1 unspecified atom stereocenters. The van der Waals surface area contributed by atoms with Crippen molar-refractivity contribution in [3.05, 3.63) is 35.6 Å². The van der Waals surface area contributed by atoms with Crippen molar-refractivity contribution >= 4 is 17.5 Å². The standard InChI is InChI=1S/C11H13FO3S/c12-9-3-1-8(2-4-9)11(15)7-16-6-10(14)5-13/h1-4,10,13-14H,5-7H2. The average Bonchev–Trinajstić information content (AvgIpc) is 2.29. The number of halogens is 1. The van der Waals surface area contributed by atoms with Crippen molar-refractivity contribution in [3.8, 4) is 0 Å². The molecule has 0 fully saturated rings. The maximum Gasteiger partial charge on any atom is 0.172 e. The number of rotatable bonds is 6. The van der Waals surface area contributed by atoms with E-state index in [0.29, 0.717) is 11.3 Å². The number of thioether (sulfide) groups is 1. The summed E-state index contributed by atoms with van der Waals surface area (Å²) in [4.78, 5) is 11.5. The summed E-state index contributed by atoms with van der Waals surface area (Å²) in [6.07, 6.45) is -0.800. The molecule has 0 saturated carbocycles. The molecule has 5 heteroatoms. The van der Waals surface area contributed by atoms with Gasteiger partial charge in [0.15, 0.2) is 5.78 Å². The summed E-state index contributed by atoms with van der Waals surface area (Å²) in [7, 11) is 0. The van der Waals surface area contributed by atoms with Gasteiger partial charge in [-0.25, -0.2) is 4.39 Å². The zero-order chi connectivity index (χ0) is 12.0. The van der Waals surface area contributed by atoms with Crippen LogP contribution in [0, 0.1) is 5.82 Å². The molecule has 2 N–H and O–H groups in total. The first-order valence-corrected chi connectivity index (χ1v) is 5.94. The van der Waals surface area contributed by atoms with Gasteiger partial charge in [0.1, 0.15) is 5.82 Å². The molecule has 0 bridgehead atoms. The minimum absolute atomic E-state index is 0.116. The van der Waals surface area contributed by atoms with Crippen LogP contribution in [0.3, 0.4) is 0 Å². The van der Waals surface area contributed by atoms with Gasteiger partial charge in [0, 0.05) is 11.3 Å². The molecule has 0 aliphatic rings. The smallest absolute Gasteiger partial charge is 0.172 e. The molecule has 3 nitrogen and oxygen atoms in total. The normalized spacial score (nSPS) is 12.4. The summed E-state index contributed by atoms with van der Waals surface area (Å²) >= 11 is 1.24. The van der Waals surface area contributed by atoms with Gasteiger partial charge in [-0.3, -0.25) is 4.79 Å². The van der Waals surface area contributed by atoms with Crippen molar-refractivity contribution in [1.82, 2.24) is 0 Å². The van der Waals surface area contributed by atoms with Crippen LogP contribution >= 0.6 is 11.8 Å². The summed E-state index contributed by atoms with van der Waals surface area (Å²) in [5.41, 5.74) is 0.451. The second-order valence-electron chi connectivity index (χ2n) is 3.28. The quantitative estimate of drug-likeness (QED) is 0.736. The summed E-state index contributed by atoms with van der Waals surface area (Å²) < 4.78 is 12.6. The van der Waals surface area contributed by atoms with Crippen LogP contribution in [0.4, 0.5) is 4.39 Å². The monoisotopic (exact) mass is 244 g/mol. The zero-order valence-corrected chi connectivity index (χ0v) is 9.41. The van der Waals surface area contributed by atoms with E-state index in [1.807, 2.05) is 0 Å². The molecule has 0 radical (unpaired) electrons. The third-order valence-corrected chi connectivity index (χ3v) is 3.01. The Morgan fingerprint density at radius 2 is 2.00 bits per heavy atom. The molecule has 0 spiro atoms. The lowest BCUT2D eigenvalue weighted by molar-refractivity contribution is 0.102. The molecule has 0 aromatic heterocycles. The first-order chi connectivity index (χ1) is 7.63. The fourth-order valence-electron chi connectivity index (χ4n) is 1.06. The van der Waals surface area contributed by atoms with Crippen molar-refractivity contribution in [2.24, 2.45) is 0 Å². The van der Waals surface area contributed by atoms with Crippen LogP contribution in [0.25, 0.3) is 0 Å². The second-order valence-corrected chi connectivity index (χ2v) is 4.31. The van der Waals surface area contributed by atoms with Gasteiger partial charge in [0.25, 0.3) is 0 Å². The fourth-order valence-corrected chi connectivity index (χ4v) is 1.91. The molecular formula is C11H13FO3S. The third-order valence-electron chi connectivity index (χ3n) is 1.92. The van der Waals surface area contributed by atoms with Crippen LogP contribution in [0.2, 0.25) is 0 Å². The Balaban J connectivity index is 2.38. The highest BCUT2D eigenvalue weighted by Gasteiger charge is 2.08. The summed E-state index contributed by atoms with van der Waals surface area (Å²) in [6, 6.07) is 5.34. The van der Waals surface area contributed by atoms with Crippen LogP contribution in [-0.2, 0) is 0 Å². The number of carbonyl (C=O) groups is 1. The number of aliphatic hydroxyl groups is 2. The Bertz CT molecular complexity index is 340. The number of ketones is 1. The van der Waals surface area contributed by atoms with E-state index < -0.39 is 6.10 Å². The highest BCUT2D eigenvalue weighted by molar-refractivity contribution is 8.00. The Hall–Kier alpha value is -0.910. The average molecular weight is 244 g/mol. The third kappa shape index (κ3) is 4.30. The van der Waals surface area contributed by atoms with Crippen molar-refractivity contribution in [2.75, 3.05) is 18.1 Å². The molecular weight excluding hydrogens is 231 g/mol. The maximum absolute atomic E-state index is 12.6. The minimum Gasteiger partial charge on any atom is -0.394 e. The summed E-state index contributed by atoms with van der Waals surface area (Å²) in [5.74, 6) is 0.0293. The highest BCUT2D eigenvalue weighted by Crippen LogP contribution is 2.09. The van der Waals surface area contributed by atoms with Crippen molar-refractivity contribution in [2.45, 2.75) is 6.10 Å². The largest absolute Gasteiger partial charge is 0.394 e. The second kappa shape index (κ2) is 6.62. The molecule has 88 valence electrons. The first kappa shape index (κ1) is 13.2. The predicted molar refractivity (Wildman–Crippen MR) is 61.1 cm³/mol. The molecule has 0 aliphatic carbocycles. The molecule has 1 rings (SSSR count). The Labute approximate surface area is 97.3 Å². The topological polar surface area (TPSA) is 57.5 Å². The molecule has 0 heterocycles. The SMILES string of the molecule is O=C(CSCC(O)CO)c1ccc(F)cc1. The van der Waals surface area contributed by atoms with Crippen molar-refractivity contribution < 1.29 is 19.4 Å². The van der Waals surface area contributed by atoms with Crippen molar-refractivity contribution in [3.63, 3.8) is 0 Å². The minimum atomic E-state index is -0.800. The van der Waals surface area contributed by atoms with Crippen LogP contribution in [0.5, 0.6) is 0 Å². The zero-order valence-electron chi connectivity index (χ0n) is 8.60. The van der Waals surface area contributed by atoms with E-state index in [0.717, 1.165) is 0 Å². The first-order valence-electron chi connectivity index (χ1n) is 4.79. The number of benzene rings is 1. The molecule has 0 aliphatic heterocycles. The van der Waals surface area contributed by atoms with E-state index in [4.69, 9.17) is 10.2 Å². The van der Waals surface area contributed by atoms with Gasteiger partial charge in [-0.1, -0.05) is 0 Å². The number of aliphatic hydroxyl groups excluding tert-OH is 2. The lowest BCUT2D eigenvalue weighted by Crippen LogP contribution is -2.16. The molecule has 0 amide bonds. The Morgan fingerprint density at radius 1 is 1.38 bits per heavy atom. The van der Waals surface area contributed by atoms with Gasteiger partial charge in [0.2, 0.25) is 0 Å². The van der Waals surface area contributed by atoms with Gasteiger partial charge in [-0.05, 0) is 24.3 Å². The van der Waals surface area contributed by atoms with Gasteiger partial charge >= 0.3 is 0 Å². The van der Waals surface area contributed by atoms with Crippen LogP contribution in [0.15, 0.2) is 24.3 Å². The number of hydrogen-bond donors (Lipinski definition) is 2. The molecule has 0 saturated heterocycles. The molecule has 1 aromatic rings. The van der Waals surface area contributed by atoms with Gasteiger partial charge in [-0.2, -0.15) is 11.8 Å². The molecule has 1 aromatic carbocycles. The molecule has 16 heavy (non-hydrogen) atoms. The van der Waals surface area contributed by atoms with Crippen LogP contribution < -0.4 is 0 Å². The van der Waals surface area contributed by atoms with Gasteiger partial charge < -0.3 is 10.2 Å². The summed E-state index contributed by atoms with van der Waals surface area (Å²) in [5, 5.41) is 17.6. The lowest BCUT2D eigenvalue weighted by atomic mass is 10.1. The van der Waals surface area contributed by atoms with E-state index in [-0.39, 0.29) is 24.0 Å². The van der Waals surface area contributed by atoms with E-state index in [1.165, 1.54) is 36.0 Å². The van der Waals surface area contributed by atoms with Crippen LogP contribution in [-0.4, -0.2) is 40.2 Å². The Kier molecular flexibility index (Phi) is 5.45. The van der Waals surface area contributed by atoms with Crippen LogP contribution in [0.1, 0.15) is 10.4 Å². The predicted octanol–water partition coefficient (Wildman–Crippen LogP) is 1.09. The van der Waals surface area contributed by atoms with Gasteiger partial charge in [0.05, 0.1) is 18.5 Å². The number of hydrogen-bond acceptors (Lipinski definition) is 4. The summed E-state index contributed by atoms with van der Waals surface area (Å²) in [6.45, 7) is -0.308. The van der Waals surface area contributed by atoms with E-state index in [2.05, 4.69) is 0 Å². The van der Waals surface area contributed by atoms with Crippen molar-refractivity contribution in [1.29, 1.82) is 0 Å². The Morgan fingerprint density at radius 3 is 2.56 bits per heavy atom. The number of Topliss-reactive ketones (excluding diaryl/α,β-unsaturated/α-hetero) is 1. The maximum atomic E-state index is 12.6. The number of carbonyl (C=O) groups excluding carboxylic acids is 1. The lowest BCUT2D eigenvalue weighted by Gasteiger charge is -2.05. The van der Waals surface area contributed by atoms with Gasteiger partial charge in [-0.15, -0.1) is 0 Å². The van der Waals surface area contributed by atoms with E-state index >= 15 is 0 Å². The molecule has 1 atom stereocenters. The van der Waals surface area contributed by atoms with E-state index in [9.17, 15) is 9.18 Å². The fraction of sp³-hybridized carbons (Fsp3) is 0.364. The van der Waals surface area contributed by atoms with E-state index in [1.54, 1.807) is 0 Å².